The molecule has 4 heterocycles. The Morgan fingerprint density at radius 2 is 0.750 bits per heavy atom. The van der Waals surface area contributed by atoms with E-state index in [1.165, 1.54) is 48.7 Å². The SMILES string of the molecule is C1=CC(c2ccccc2)C(N(c2ccccc2)c2cc3c4c(c2)N(c2ccccc2-c2ccccc2)c2cc5c(cc2C4c2ccccc2O3)C2c3ccccc3N(c3c(-c4ccccc4)cccc3-c3ccccc3)c3cc(N(c4ccccc4)c4c(-c6ccccc6)cccc4-c4ccccc4)cc(c32)S5)C(c2ccccc2)=C1. The molecule has 17 aromatic carbocycles. The summed E-state index contributed by atoms with van der Waals surface area (Å²) in [5, 5.41) is 0. The van der Waals surface area contributed by atoms with Crippen molar-refractivity contribution in [1.82, 2.24) is 0 Å². The molecule has 0 spiro atoms. The van der Waals surface area contributed by atoms with Crippen molar-refractivity contribution < 1.29 is 4.74 Å². The fourth-order valence-electron chi connectivity index (χ4n) is 19.0. The zero-order valence-corrected chi connectivity index (χ0v) is 64.3. The third kappa shape index (κ3) is 11.6. The van der Waals surface area contributed by atoms with E-state index in [4.69, 9.17) is 4.74 Å². The van der Waals surface area contributed by atoms with E-state index >= 15 is 0 Å². The van der Waals surface area contributed by atoms with Gasteiger partial charge in [-0.25, -0.2) is 0 Å². The Hall–Kier alpha value is -14.4. The van der Waals surface area contributed by atoms with Gasteiger partial charge in [-0.2, -0.15) is 0 Å². The second-order valence-corrected chi connectivity index (χ2v) is 31.5. The number of allylic oxidation sites excluding steroid dienone is 2. The molecule has 0 bridgehead atoms. The second kappa shape index (κ2) is 29.0. The largest absolute Gasteiger partial charge is 0.457 e. The number of benzene rings is 17. The summed E-state index contributed by atoms with van der Waals surface area (Å²) in [6, 6.07) is 155. The van der Waals surface area contributed by atoms with Gasteiger partial charge in [0, 0.05) is 101 Å². The summed E-state index contributed by atoms with van der Waals surface area (Å²) in [6.45, 7) is 0. The van der Waals surface area contributed by atoms with Gasteiger partial charge in [0.1, 0.15) is 11.5 Å². The van der Waals surface area contributed by atoms with Crippen LogP contribution in [0, 0.1) is 0 Å². The topological polar surface area (TPSA) is 22.2 Å². The van der Waals surface area contributed by atoms with Crippen molar-refractivity contribution >= 4 is 79.9 Å². The molecule has 0 N–H and O–H groups in total. The smallest absolute Gasteiger partial charge is 0.135 e. The molecule has 4 atom stereocenters. The Morgan fingerprint density at radius 3 is 1.36 bits per heavy atom. The van der Waals surface area contributed by atoms with Gasteiger partial charge in [-0.15, -0.1) is 0 Å². The zero-order chi connectivity index (χ0) is 76.6. The maximum Gasteiger partial charge on any atom is 0.135 e. The lowest BCUT2D eigenvalue weighted by atomic mass is 9.74. The molecule has 116 heavy (non-hydrogen) atoms. The number of hydrogen-bond donors (Lipinski definition) is 0. The van der Waals surface area contributed by atoms with E-state index in [-0.39, 0.29) is 23.8 Å². The first kappa shape index (κ1) is 68.4. The third-order valence-electron chi connectivity index (χ3n) is 23.9. The zero-order valence-electron chi connectivity index (χ0n) is 63.5. The minimum atomic E-state index is -0.253. The molecule has 0 fully saturated rings. The number of para-hydroxylation sites is 7. The summed E-state index contributed by atoms with van der Waals surface area (Å²) in [6.07, 6.45) is 7.00. The van der Waals surface area contributed by atoms with Crippen LogP contribution in [-0.4, -0.2) is 6.04 Å². The van der Waals surface area contributed by atoms with Crippen molar-refractivity contribution in [3.63, 3.8) is 0 Å². The standard InChI is InChI=1S/C110H76N4OS/c1-10-37-73(38-11-1)84-55-28-31-64-95(84)113-97-72-102-94(71-93(97)105-92-57-30-33-66-100(92)115-101-69-82(67-98(113)106(101)105)111(80-51-24-8-25-52-80)108-85(74-39-12-2-13-40-74)58-34-59-86(108)75-41-14-3-15-42-75)104-91-56-29-32-65-96(91)114(110-89(78-47-20-6-21-48-78)62-36-63-90(110)79-49-22-7-23-50-79)99-68-83(70-103(116-102)107(99)104)112(81-53-26-9-27-54-81)109-87(76-43-16-4-17-44-76)60-35-61-88(109)77-45-18-5-19-46-77/h1-72,85,104-105,108H. The van der Waals surface area contributed by atoms with Crippen LogP contribution in [0.25, 0.3) is 61.2 Å². The summed E-state index contributed by atoms with van der Waals surface area (Å²) >= 11 is 1.90. The van der Waals surface area contributed by atoms with E-state index in [9.17, 15) is 0 Å². The predicted molar refractivity (Wildman–Crippen MR) is 482 cm³/mol. The fraction of sp³-hybridized carbons (Fsp3) is 0.0364. The quantitative estimate of drug-likeness (QED) is 0.101. The van der Waals surface area contributed by atoms with E-state index in [2.05, 4.69) is 456 Å². The molecular weight excluding hydrogens is 1430 g/mol. The summed E-state index contributed by atoms with van der Waals surface area (Å²) in [4.78, 5) is 12.8. The van der Waals surface area contributed by atoms with Gasteiger partial charge in [-0.05, 0) is 128 Å². The normalized spacial score (nSPS) is 15.6. The molecule has 5 nitrogen and oxygen atoms in total. The van der Waals surface area contributed by atoms with Gasteiger partial charge in [-0.1, -0.05) is 376 Å². The van der Waals surface area contributed by atoms with E-state index in [1.54, 1.807) is 0 Å². The van der Waals surface area contributed by atoms with Crippen LogP contribution < -0.4 is 24.3 Å². The molecule has 4 aliphatic heterocycles. The summed E-state index contributed by atoms with van der Waals surface area (Å²) in [7, 11) is 0. The predicted octanol–water partition coefficient (Wildman–Crippen LogP) is 29.9. The van der Waals surface area contributed by atoms with Crippen LogP contribution >= 0.6 is 11.8 Å². The van der Waals surface area contributed by atoms with E-state index < -0.39 is 0 Å². The van der Waals surface area contributed by atoms with Gasteiger partial charge >= 0.3 is 0 Å². The summed E-state index contributed by atoms with van der Waals surface area (Å²) in [5.41, 5.74) is 34.0. The monoisotopic (exact) mass is 1500 g/mol. The second-order valence-electron chi connectivity index (χ2n) is 30.4. The Bertz CT molecular complexity index is 6550. The van der Waals surface area contributed by atoms with Crippen molar-refractivity contribution in [1.29, 1.82) is 0 Å². The van der Waals surface area contributed by atoms with Gasteiger partial charge in [0.05, 0.1) is 45.9 Å². The molecule has 4 unspecified atom stereocenters. The van der Waals surface area contributed by atoms with Gasteiger partial charge in [0.15, 0.2) is 0 Å². The molecule has 17 aromatic rings. The Kier molecular flexibility index (Phi) is 17.1. The summed E-state index contributed by atoms with van der Waals surface area (Å²) < 4.78 is 7.65. The fourth-order valence-corrected chi connectivity index (χ4v) is 20.2. The molecule has 548 valence electrons. The van der Waals surface area contributed by atoms with Gasteiger partial charge in [0.25, 0.3) is 0 Å². The lowest BCUT2D eigenvalue weighted by molar-refractivity contribution is 0.452. The maximum absolute atomic E-state index is 7.65. The molecule has 5 aliphatic rings. The van der Waals surface area contributed by atoms with Gasteiger partial charge in [0.2, 0.25) is 0 Å². The molecule has 0 saturated carbocycles. The van der Waals surface area contributed by atoms with Crippen molar-refractivity contribution in [3.8, 4) is 67.1 Å². The van der Waals surface area contributed by atoms with Crippen molar-refractivity contribution in [3.05, 3.63) is 481 Å². The number of ether oxygens (including phenoxy) is 1. The Morgan fingerprint density at radius 1 is 0.284 bits per heavy atom. The lowest BCUT2D eigenvalue weighted by Crippen LogP contribution is -2.38. The highest BCUT2D eigenvalue weighted by Gasteiger charge is 2.47. The van der Waals surface area contributed by atoms with Crippen LogP contribution in [0.15, 0.2) is 447 Å². The number of anilines is 11. The third-order valence-corrected chi connectivity index (χ3v) is 25.1. The Balaban J connectivity index is 0.833. The summed E-state index contributed by atoms with van der Waals surface area (Å²) in [5.74, 6) is 1.14. The molecule has 1 aliphatic carbocycles. The highest BCUT2D eigenvalue weighted by atomic mass is 32.2. The average molecular weight is 1500 g/mol. The first-order valence-electron chi connectivity index (χ1n) is 40.1. The Labute approximate surface area is 681 Å². The van der Waals surface area contributed by atoms with E-state index in [0.29, 0.717) is 0 Å². The molecule has 0 amide bonds. The van der Waals surface area contributed by atoms with Crippen LogP contribution in [0.3, 0.4) is 0 Å². The molecule has 22 rings (SSSR count). The van der Waals surface area contributed by atoms with E-state index in [0.717, 1.165) is 141 Å². The van der Waals surface area contributed by atoms with Gasteiger partial charge < -0.3 is 24.3 Å². The lowest BCUT2D eigenvalue weighted by Gasteiger charge is -2.46. The van der Waals surface area contributed by atoms with Crippen LogP contribution in [0.4, 0.5) is 62.6 Å². The average Bonchev–Trinajstić information content (AvgIpc) is 0.687. The molecule has 0 aromatic heterocycles. The number of hydrogen-bond acceptors (Lipinski definition) is 6. The molecular formula is C110H76N4OS. The van der Waals surface area contributed by atoms with Crippen LogP contribution in [0.1, 0.15) is 62.3 Å². The van der Waals surface area contributed by atoms with Crippen molar-refractivity contribution in [2.75, 3.05) is 19.6 Å². The molecule has 6 heteroatoms. The van der Waals surface area contributed by atoms with E-state index in [1.807, 2.05) is 11.8 Å². The first-order valence-corrected chi connectivity index (χ1v) is 40.9. The number of rotatable bonds is 15. The maximum atomic E-state index is 7.65. The van der Waals surface area contributed by atoms with Gasteiger partial charge in [-0.3, -0.25) is 0 Å². The first-order chi connectivity index (χ1) is 57.6. The van der Waals surface area contributed by atoms with Crippen molar-refractivity contribution in [2.24, 2.45) is 0 Å². The minimum absolute atomic E-state index is 0.0488. The number of fused-ring (bicyclic) bond motifs is 8. The van der Waals surface area contributed by atoms with Crippen molar-refractivity contribution in [2.45, 2.75) is 33.6 Å². The highest BCUT2D eigenvalue weighted by Crippen LogP contribution is 2.67. The van der Waals surface area contributed by atoms with Crippen LogP contribution in [-0.2, 0) is 0 Å². The highest BCUT2D eigenvalue weighted by molar-refractivity contribution is 7.99. The van der Waals surface area contributed by atoms with Crippen LogP contribution in [0.2, 0.25) is 0 Å². The number of nitrogens with zero attached hydrogens (tertiary/aromatic N) is 4. The minimum Gasteiger partial charge on any atom is -0.457 e. The molecule has 0 radical (unpaired) electrons. The van der Waals surface area contributed by atoms with Crippen LogP contribution in [0.5, 0.6) is 11.5 Å². The molecule has 0 saturated heterocycles.